The minimum Gasteiger partial charge on any atom is -0.455 e. The molecular formula is C25H25N5O2. The number of aryl methyl sites for hydroxylation is 2. The SMILES string of the molecule is CCC(C(N)=O)c1ccc2ncnc(Nc3ccc(Oc4ccc(C)nc4)c(C)c3)c2c1. The van der Waals surface area contributed by atoms with Crippen LogP contribution in [-0.2, 0) is 4.79 Å². The number of hydrogen-bond acceptors (Lipinski definition) is 6. The first-order valence-electron chi connectivity index (χ1n) is 10.5. The molecule has 0 saturated carbocycles. The number of fused-ring (bicyclic) bond motifs is 1. The molecule has 0 spiro atoms. The molecule has 2 aromatic carbocycles. The van der Waals surface area contributed by atoms with Gasteiger partial charge in [0, 0.05) is 16.8 Å². The van der Waals surface area contributed by atoms with Crippen molar-refractivity contribution >= 4 is 28.3 Å². The molecule has 1 unspecified atom stereocenters. The van der Waals surface area contributed by atoms with E-state index in [1.54, 1.807) is 6.20 Å². The van der Waals surface area contributed by atoms with Crippen LogP contribution in [0.2, 0.25) is 0 Å². The molecule has 0 aliphatic rings. The topological polar surface area (TPSA) is 103 Å². The van der Waals surface area contributed by atoms with E-state index in [1.165, 1.54) is 6.33 Å². The molecule has 2 aromatic heterocycles. The van der Waals surface area contributed by atoms with Crippen molar-refractivity contribution in [3.05, 3.63) is 77.9 Å². The molecule has 7 heteroatoms. The predicted molar refractivity (Wildman–Crippen MR) is 125 cm³/mol. The Labute approximate surface area is 186 Å². The summed E-state index contributed by atoms with van der Waals surface area (Å²) in [5, 5.41) is 4.19. The number of carbonyl (C=O) groups excluding carboxylic acids is 1. The first-order chi connectivity index (χ1) is 15.4. The standard InChI is InChI=1S/C25H25N5O2/c1-4-20(24(26)31)17-6-9-22-21(12-17)25(29-14-28-22)30-18-7-10-23(15(2)11-18)32-19-8-5-16(3)27-13-19/h5-14,20H,4H2,1-3H3,(H2,26,31)(H,28,29,30). The lowest BCUT2D eigenvalue weighted by atomic mass is 9.94. The molecule has 0 aliphatic heterocycles. The van der Waals surface area contributed by atoms with E-state index >= 15 is 0 Å². The van der Waals surface area contributed by atoms with Gasteiger partial charge < -0.3 is 15.8 Å². The van der Waals surface area contributed by atoms with Crippen molar-refractivity contribution in [2.45, 2.75) is 33.1 Å². The van der Waals surface area contributed by atoms with Crippen LogP contribution in [0.3, 0.4) is 0 Å². The highest BCUT2D eigenvalue weighted by Crippen LogP contribution is 2.31. The fraction of sp³-hybridized carbons (Fsp3) is 0.200. The average molecular weight is 428 g/mol. The average Bonchev–Trinajstić information content (AvgIpc) is 2.78. The molecule has 0 radical (unpaired) electrons. The normalized spacial score (nSPS) is 11.8. The fourth-order valence-electron chi connectivity index (χ4n) is 3.61. The molecule has 4 aromatic rings. The van der Waals surface area contributed by atoms with Crippen LogP contribution in [0.4, 0.5) is 11.5 Å². The molecular weight excluding hydrogens is 402 g/mol. The zero-order valence-corrected chi connectivity index (χ0v) is 18.3. The first-order valence-corrected chi connectivity index (χ1v) is 10.5. The smallest absolute Gasteiger partial charge is 0.224 e. The number of anilines is 2. The number of nitrogens with zero attached hydrogens (tertiary/aromatic N) is 3. The van der Waals surface area contributed by atoms with E-state index in [2.05, 4.69) is 20.3 Å². The molecule has 32 heavy (non-hydrogen) atoms. The van der Waals surface area contributed by atoms with Crippen LogP contribution < -0.4 is 15.8 Å². The predicted octanol–water partition coefficient (Wildman–Crippen LogP) is 5.16. The third kappa shape index (κ3) is 4.51. The quantitative estimate of drug-likeness (QED) is 0.422. The van der Waals surface area contributed by atoms with Crippen molar-refractivity contribution in [3.63, 3.8) is 0 Å². The van der Waals surface area contributed by atoms with Gasteiger partial charge in [-0.3, -0.25) is 9.78 Å². The summed E-state index contributed by atoms with van der Waals surface area (Å²) in [5.41, 5.74) is 9.99. The van der Waals surface area contributed by atoms with E-state index in [1.807, 2.05) is 69.3 Å². The number of hydrogen-bond donors (Lipinski definition) is 2. The lowest BCUT2D eigenvalue weighted by Gasteiger charge is -2.14. The molecule has 0 fully saturated rings. The Morgan fingerprint density at radius 1 is 1.06 bits per heavy atom. The van der Waals surface area contributed by atoms with Crippen molar-refractivity contribution in [2.75, 3.05) is 5.32 Å². The van der Waals surface area contributed by atoms with E-state index < -0.39 is 0 Å². The van der Waals surface area contributed by atoms with Crippen molar-refractivity contribution in [3.8, 4) is 11.5 Å². The minimum atomic E-state index is -0.345. The molecule has 2 heterocycles. The summed E-state index contributed by atoms with van der Waals surface area (Å²) < 4.78 is 5.96. The molecule has 4 rings (SSSR count). The summed E-state index contributed by atoms with van der Waals surface area (Å²) in [6.07, 6.45) is 3.86. The van der Waals surface area contributed by atoms with Crippen LogP contribution in [0.25, 0.3) is 10.9 Å². The largest absolute Gasteiger partial charge is 0.455 e. The summed E-state index contributed by atoms with van der Waals surface area (Å²) in [6, 6.07) is 15.4. The maximum atomic E-state index is 11.8. The lowest BCUT2D eigenvalue weighted by molar-refractivity contribution is -0.119. The zero-order valence-electron chi connectivity index (χ0n) is 18.3. The van der Waals surface area contributed by atoms with E-state index in [0.717, 1.165) is 39.2 Å². The van der Waals surface area contributed by atoms with Gasteiger partial charge >= 0.3 is 0 Å². The molecule has 162 valence electrons. The Balaban J connectivity index is 1.62. The highest BCUT2D eigenvalue weighted by Gasteiger charge is 2.17. The van der Waals surface area contributed by atoms with Crippen LogP contribution >= 0.6 is 0 Å². The van der Waals surface area contributed by atoms with Crippen LogP contribution in [0, 0.1) is 13.8 Å². The molecule has 1 atom stereocenters. The third-order valence-electron chi connectivity index (χ3n) is 5.36. The molecule has 0 aliphatic carbocycles. The van der Waals surface area contributed by atoms with E-state index in [0.29, 0.717) is 18.0 Å². The lowest BCUT2D eigenvalue weighted by Crippen LogP contribution is -2.20. The second-order valence-corrected chi connectivity index (χ2v) is 7.70. The maximum absolute atomic E-state index is 11.8. The summed E-state index contributed by atoms with van der Waals surface area (Å²) in [7, 11) is 0. The van der Waals surface area contributed by atoms with Gasteiger partial charge in [-0.15, -0.1) is 0 Å². The van der Waals surface area contributed by atoms with Gasteiger partial charge in [0.1, 0.15) is 23.6 Å². The summed E-state index contributed by atoms with van der Waals surface area (Å²) in [5.74, 6) is 1.42. The molecule has 0 saturated heterocycles. The first kappa shape index (κ1) is 21.2. The molecule has 1 amide bonds. The Morgan fingerprint density at radius 2 is 1.91 bits per heavy atom. The van der Waals surface area contributed by atoms with Crippen LogP contribution in [0.5, 0.6) is 11.5 Å². The van der Waals surface area contributed by atoms with Gasteiger partial charge in [0.05, 0.1) is 17.6 Å². The van der Waals surface area contributed by atoms with E-state index in [4.69, 9.17) is 10.5 Å². The monoisotopic (exact) mass is 427 g/mol. The van der Waals surface area contributed by atoms with Crippen molar-refractivity contribution in [1.29, 1.82) is 0 Å². The second-order valence-electron chi connectivity index (χ2n) is 7.70. The number of nitrogens with two attached hydrogens (primary N) is 1. The van der Waals surface area contributed by atoms with Gasteiger partial charge in [-0.25, -0.2) is 9.97 Å². The van der Waals surface area contributed by atoms with E-state index in [-0.39, 0.29) is 11.8 Å². The van der Waals surface area contributed by atoms with Gasteiger partial charge in [-0.1, -0.05) is 13.0 Å². The number of ether oxygens (including phenoxy) is 1. The zero-order chi connectivity index (χ0) is 22.7. The summed E-state index contributed by atoms with van der Waals surface area (Å²) in [4.78, 5) is 24.9. The molecule has 3 N–H and O–H groups in total. The van der Waals surface area contributed by atoms with Crippen molar-refractivity contribution in [1.82, 2.24) is 15.0 Å². The van der Waals surface area contributed by atoms with Crippen LogP contribution in [-0.4, -0.2) is 20.9 Å². The molecule has 0 bridgehead atoms. The number of aromatic nitrogens is 3. The van der Waals surface area contributed by atoms with Crippen LogP contribution in [0.1, 0.15) is 36.1 Å². The number of pyridine rings is 1. The van der Waals surface area contributed by atoms with Gasteiger partial charge in [-0.05, 0) is 73.9 Å². The van der Waals surface area contributed by atoms with Gasteiger partial charge in [-0.2, -0.15) is 0 Å². The maximum Gasteiger partial charge on any atom is 0.224 e. The number of amides is 1. The number of primary amides is 1. The number of benzene rings is 2. The van der Waals surface area contributed by atoms with Crippen molar-refractivity contribution in [2.24, 2.45) is 5.73 Å². The highest BCUT2D eigenvalue weighted by atomic mass is 16.5. The van der Waals surface area contributed by atoms with Gasteiger partial charge in [0.2, 0.25) is 5.91 Å². The Morgan fingerprint density at radius 3 is 2.59 bits per heavy atom. The second kappa shape index (κ2) is 9.01. The van der Waals surface area contributed by atoms with E-state index in [9.17, 15) is 4.79 Å². The Hall–Kier alpha value is -4.00. The number of nitrogens with one attached hydrogen (secondary N) is 1. The van der Waals surface area contributed by atoms with Crippen LogP contribution in [0.15, 0.2) is 61.1 Å². The minimum absolute atomic E-state index is 0.340. The number of carbonyl (C=O) groups is 1. The fourth-order valence-corrected chi connectivity index (χ4v) is 3.61. The van der Waals surface area contributed by atoms with Gasteiger partial charge in [0.15, 0.2) is 0 Å². The van der Waals surface area contributed by atoms with Crippen molar-refractivity contribution < 1.29 is 9.53 Å². The third-order valence-corrected chi connectivity index (χ3v) is 5.36. The highest BCUT2D eigenvalue weighted by molar-refractivity contribution is 5.92. The summed E-state index contributed by atoms with van der Waals surface area (Å²) >= 11 is 0. The Kier molecular flexibility index (Phi) is 5.98. The molecule has 7 nitrogen and oxygen atoms in total. The Bertz CT molecular complexity index is 1270. The van der Waals surface area contributed by atoms with Gasteiger partial charge in [0.25, 0.3) is 0 Å². The summed E-state index contributed by atoms with van der Waals surface area (Å²) in [6.45, 7) is 5.86. The number of rotatable bonds is 7.